The van der Waals surface area contributed by atoms with Crippen molar-refractivity contribution in [2.75, 3.05) is 20.2 Å². The molecule has 0 amide bonds. The summed E-state index contributed by atoms with van der Waals surface area (Å²) in [6, 6.07) is 1.91. The van der Waals surface area contributed by atoms with Crippen molar-refractivity contribution in [2.45, 2.75) is 39.7 Å². The first-order valence-corrected chi connectivity index (χ1v) is 6.52. The topological polar surface area (TPSA) is 56.1 Å². The minimum Gasteiger partial charge on any atom is -0.468 e. The summed E-state index contributed by atoms with van der Waals surface area (Å²) in [6.45, 7) is 6.30. The summed E-state index contributed by atoms with van der Waals surface area (Å²) in [5.74, 6) is 0. The number of unbranched alkanes of at least 4 members (excludes halogenated alkanes) is 2. The highest BCUT2D eigenvalue weighted by molar-refractivity contribution is 5.06. The molecule has 0 spiro atoms. The fourth-order valence-corrected chi connectivity index (χ4v) is 1.77. The Morgan fingerprint density at radius 3 is 2.83 bits per heavy atom. The fourth-order valence-electron chi connectivity index (χ4n) is 1.77. The van der Waals surface area contributed by atoms with E-state index in [1.165, 1.54) is 32.4 Å². The molecule has 0 aliphatic heterocycles. The standard InChI is InChI=1S/C13H23N3O2/c1-4-5-6-7-14-8-9-16-12(17)10-11(2)15-13(16)18-3/h10,14H,4-9H2,1-3H3. The van der Waals surface area contributed by atoms with Crippen LogP contribution in [0.5, 0.6) is 6.01 Å². The van der Waals surface area contributed by atoms with Crippen molar-refractivity contribution in [1.82, 2.24) is 14.9 Å². The highest BCUT2D eigenvalue weighted by Crippen LogP contribution is 2.03. The molecule has 0 aliphatic carbocycles. The van der Waals surface area contributed by atoms with Crippen LogP contribution in [-0.2, 0) is 6.54 Å². The van der Waals surface area contributed by atoms with Crippen molar-refractivity contribution in [3.05, 3.63) is 22.1 Å². The molecular weight excluding hydrogens is 230 g/mol. The zero-order valence-electron chi connectivity index (χ0n) is 11.5. The smallest absolute Gasteiger partial charge is 0.299 e. The van der Waals surface area contributed by atoms with Gasteiger partial charge in [-0.3, -0.25) is 9.36 Å². The lowest BCUT2D eigenvalue weighted by atomic mass is 10.2. The summed E-state index contributed by atoms with van der Waals surface area (Å²) < 4.78 is 6.68. The Labute approximate surface area is 108 Å². The van der Waals surface area contributed by atoms with Crippen LogP contribution in [0.3, 0.4) is 0 Å². The van der Waals surface area contributed by atoms with E-state index in [4.69, 9.17) is 4.74 Å². The van der Waals surface area contributed by atoms with Gasteiger partial charge in [0.15, 0.2) is 0 Å². The molecule has 0 saturated heterocycles. The molecule has 1 N–H and O–H groups in total. The Morgan fingerprint density at radius 2 is 2.17 bits per heavy atom. The molecule has 102 valence electrons. The molecule has 1 heterocycles. The Hall–Kier alpha value is -1.36. The van der Waals surface area contributed by atoms with Crippen molar-refractivity contribution < 1.29 is 4.74 Å². The molecule has 0 radical (unpaired) electrons. The number of nitrogens with one attached hydrogen (secondary N) is 1. The van der Waals surface area contributed by atoms with Crippen molar-refractivity contribution in [3.63, 3.8) is 0 Å². The largest absolute Gasteiger partial charge is 0.468 e. The fraction of sp³-hybridized carbons (Fsp3) is 0.692. The predicted octanol–water partition coefficient (Wildman–Crippen LogP) is 1.34. The first kappa shape index (κ1) is 14.7. The van der Waals surface area contributed by atoms with Gasteiger partial charge < -0.3 is 10.1 Å². The van der Waals surface area contributed by atoms with Gasteiger partial charge in [0.05, 0.1) is 7.11 Å². The summed E-state index contributed by atoms with van der Waals surface area (Å²) in [4.78, 5) is 16.0. The van der Waals surface area contributed by atoms with Crippen molar-refractivity contribution in [1.29, 1.82) is 0 Å². The second-order valence-corrected chi connectivity index (χ2v) is 4.33. The van der Waals surface area contributed by atoms with E-state index in [0.29, 0.717) is 18.2 Å². The molecule has 5 heteroatoms. The summed E-state index contributed by atoms with van der Waals surface area (Å²) in [5, 5.41) is 3.32. The Balaban J connectivity index is 2.49. The van der Waals surface area contributed by atoms with Crippen LogP contribution in [0.2, 0.25) is 0 Å². The second-order valence-electron chi connectivity index (χ2n) is 4.33. The molecule has 1 aromatic heterocycles. The molecule has 1 aromatic rings. The molecule has 0 unspecified atom stereocenters. The SMILES string of the molecule is CCCCCNCCn1c(OC)nc(C)cc1=O. The van der Waals surface area contributed by atoms with Crippen LogP contribution in [-0.4, -0.2) is 29.8 Å². The number of rotatable bonds is 8. The van der Waals surface area contributed by atoms with Gasteiger partial charge in [0.25, 0.3) is 11.6 Å². The Kier molecular flexibility index (Phi) is 6.43. The van der Waals surface area contributed by atoms with Crippen LogP contribution in [0.4, 0.5) is 0 Å². The third-order valence-corrected chi connectivity index (χ3v) is 2.75. The minimum absolute atomic E-state index is 0.0605. The molecule has 0 bridgehead atoms. The predicted molar refractivity (Wildman–Crippen MR) is 72.2 cm³/mol. The van der Waals surface area contributed by atoms with Crippen LogP contribution in [0.15, 0.2) is 10.9 Å². The van der Waals surface area contributed by atoms with Gasteiger partial charge in [-0.15, -0.1) is 0 Å². The second kappa shape index (κ2) is 7.87. The van der Waals surface area contributed by atoms with Crippen LogP contribution >= 0.6 is 0 Å². The Bertz CT molecular complexity index is 415. The molecule has 0 saturated carbocycles. The first-order valence-electron chi connectivity index (χ1n) is 6.52. The number of methoxy groups -OCH3 is 1. The third kappa shape index (κ3) is 4.49. The molecule has 1 rings (SSSR count). The lowest BCUT2D eigenvalue weighted by Crippen LogP contribution is -2.29. The number of aryl methyl sites for hydroxylation is 1. The zero-order valence-corrected chi connectivity index (χ0v) is 11.5. The lowest BCUT2D eigenvalue weighted by molar-refractivity contribution is 0.342. The van der Waals surface area contributed by atoms with Gasteiger partial charge in [-0.1, -0.05) is 19.8 Å². The third-order valence-electron chi connectivity index (χ3n) is 2.75. The summed E-state index contributed by atoms with van der Waals surface area (Å²) in [5.41, 5.74) is 0.624. The highest BCUT2D eigenvalue weighted by Gasteiger charge is 2.06. The average Bonchev–Trinajstić information content (AvgIpc) is 2.35. The maximum absolute atomic E-state index is 11.8. The molecule has 0 fully saturated rings. The van der Waals surface area contributed by atoms with Gasteiger partial charge in [0, 0.05) is 24.8 Å². The zero-order chi connectivity index (χ0) is 13.4. The van der Waals surface area contributed by atoms with E-state index in [-0.39, 0.29) is 5.56 Å². The number of hydrogen-bond acceptors (Lipinski definition) is 4. The maximum Gasteiger partial charge on any atom is 0.299 e. The lowest BCUT2D eigenvalue weighted by Gasteiger charge is -2.11. The van der Waals surface area contributed by atoms with E-state index in [1.807, 2.05) is 0 Å². The van der Waals surface area contributed by atoms with Crippen LogP contribution in [0.1, 0.15) is 31.9 Å². The van der Waals surface area contributed by atoms with Gasteiger partial charge in [-0.2, -0.15) is 0 Å². The van der Waals surface area contributed by atoms with Gasteiger partial charge >= 0.3 is 0 Å². The van der Waals surface area contributed by atoms with Gasteiger partial charge in [-0.25, -0.2) is 4.98 Å². The molecular formula is C13H23N3O2. The summed E-state index contributed by atoms with van der Waals surface area (Å²) in [7, 11) is 1.53. The summed E-state index contributed by atoms with van der Waals surface area (Å²) in [6.07, 6.45) is 3.63. The van der Waals surface area contributed by atoms with Crippen LogP contribution in [0.25, 0.3) is 0 Å². The van der Waals surface area contributed by atoms with Crippen molar-refractivity contribution in [3.8, 4) is 6.01 Å². The van der Waals surface area contributed by atoms with Crippen LogP contribution in [0, 0.1) is 6.92 Å². The molecule has 0 aromatic carbocycles. The molecule has 0 atom stereocenters. The Morgan fingerprint density at radius 1 is 1.39 bits per heavy atom. The van der Waals surface area contributed by atoms with Gasteiger partial charge in [-0.05, 0) is 19.9 Å². The normalized spacial score (nSPS) is 10.6. The van der Waals surface area contributed by atoms with Crippen molar-refractivity contribution in [2.24, 2.45) is 0 Å². The number of ether oxygens (including phenoxy) is 1. The van der Waals surface area contributed by atoms with E-state index in [2.05, 4.69) is 17.2 Å². The highest BCUT2D eigenvalue weighted by atomic mass is 16.5. The van der Waals surface area contributed by atoms with E-state index in [1.54, 1.807) is 11.5 Å². The minimum atomic E-state index is -0.0605. The quantitative estimate of drug-likeness (QED) is 0.710. The summed E-state index contributed by atoms with van der Waals surface area (Å²) >= 11 is 0. The van der Waals surface area contributed by atoms with E-state index in [0.717, 1.165) is 13.1 Å². The van der Waals surface area contributed by atoms with Crippen molar-refractivity contribution >= 4 is 0 Å². The first-order chi connectivity index (χ1) is 8.69. The van der Waals surface area contributed by atoms with Gasteiger partial charge in [0.1, 0.15) is 0 Å². The average molecular weight is 253 g/mol. The van der Waals surface area contributed by atoms with Crippen LogP contribution < -0.4 is 15.6 Å². The monoisotopic (exact) mass is 253 g/mol. The maximum atomic E-state index is 11.8. The number of nitrogens with zero attached hydrogens (tertiary/aromatic N) is 2. The van der Waals surface area contributed by atoms with Gasteiger partial charge in [0.2, 0.25) is 0 Å². The molecule has 0 aliphatic rings. The number of aromatic nitrogens is 2. The molecule has 18 heavy (non-hydrogen) atoms. The van der Waals surface area contributed by atoms with E-state index >= 15 is 0 Å². The number of hydrogen-bond donors (Lipinski definition) is 1. The van der Waals surface area contributed by atoms with E-state index < -0.39 is 0 Å². The molecule has 5 nitrogen and oxygen atoms in total. The van der Waals surface area contributed by atoms with E-state index in [9.17, 15) is 4.79 Å².